The molecule has 0 N–H and O–H groups in total. The van der Waals surface area contributed by atoms with Crippen molar-refractivity contribution in [2.75, 3.05) is 6.61 Å². The van der Waals surface area contributed by atoms with E-state index < -0.39 is 0 Å². The molecular formula is C32H35O3S+. The first-order chi connectivity index (χ1) is 17.5. The smallest absolute Gasteiger partial charge is 0.344 e. The summed E-state index contributed by atoms with van der Waals surface area (Å²) in [7, 11) is -0.207. The summed E-state index contributed by atoms with van der Waals surface area (Å²) >= 11 is 0. The van der Waals surface area contributed by atoms with Crippen LogP contribution in [0.1, 0.15) is 44.6 Å². The fourth-order valence-electron chi connectivity index (χ4n) is 7.15. The Hall–Kier alpha value is -2.72. The molecule has 4 saturated carbocycles. The average molecular weight is 500 g/mol. The predicted octanol–water partition coefficient (Wildman–Crippen LogP) is 7.23. The van der Waals surface area contributed by atoms with Gasteiger partial charge in [-0.2, -0.15) is 0 Å². The number of benzene rings is 3. The molecule has 0 spiro atoms. The molecular weight excluding hydrogens is 464 g/mol. The van der Waals surface area contributed by atoms with Crippen molar-refractivity contribution in [1.82, 2.24) is 0 Å². The minimum absolute atomic E-state index is 0.0379. The van der Waals surface area contributed by atoms with Crippen LogP contribution in [0.25, 0.3) is 0 Å². The second-order valence-corrected chi connectivity index (χ2v) is 13.1. The zero-order valence-electron chi connectivity index (χ0n) is 21.2. The van der Waals surface area contributed by atoms with Gasteiger partial charge in [0.1, 0.15) is 11.4 Å². The summed E-state index contributed by atoms with van der Waals surface area (Å²) in [4.78, 5) is 16.7. The summed E-state index contributed by atoms with van der Waals surface area (Å²) in [6.45, 7) is 4.27. The van der Waals surface area contributed by atoms with Crippen molar-refractivity contribution in [3.8, 4) is 5.75 Å². The topological polar surface area (TPSA) is 35.5 Å². The molecule has 36 heavy (non-hydrogen) atoms. The third kappa shape index (κ3) is 4.45. The second kappa shape index (κ2) is 9.63. The van der Waals surface area contributed by atoms with Gasteiger partial charge in [-0.1, -0.05) is 36.4 Å². The Morgan fingerprint density at radius 3 is 1.92 bits per heavy atom. The lowest BCUT2D eigenvalue weighted by molar-refractivity contribution is -0.204. The quantitative estimate of drug-likeness (QED) is 0.254. The lowest BCUT2D eigenvalue weighted by Gasteiger charge is -2.59. The van der Waals surface area contributed by atoms with Gasteiger partial charge in [0.05, 0.1) is 10.9 Å². The van der Waals surface area contributed by atoms with E-state index in [0.29, 0.717) is 17.6 Å². The number of carbonyl (C=O) groups is 1. The zero-order valence-corrected chi connectivity index (χ0v) is 22.0. The van der Waals surface area contributed by atoms with Crippen LogP contribution in [0.15, 0.2) is 93.5 Å². The summed E-state index contributed by atoms with van der Waals surface area (Å²) < 4.78 is 12.1. The summed E-state index contributed by atoms with van der Waals surface area (Å²) in [5.41, 5.74) is 0.845. The molecule has 4 fully saturated rings. The number of ether oxygens (including phenoxy) is 2. The molecule has 4 bridgehead atoms. The maximum Gasteiger partial charge on any atom is 0.344 e. The van der Waals surface area contributed by atoms with E-state index in [0.717, 1.165) is 17.4 Å². The van der Waals surface area contributed by atoms with Crippen LogP contribution < -0.4 is 4.74 Å². The van der Waals surface area contributed by atoms with E-state index in [4.69, 9.17) is 9.47 Å². The minimum Gasteiger partial charge on any atom is -0.482 e. The summed E-state index contributed by atoms with van der Waals surface area (Å²) in [6, 6.07) is 27.5. The molecule has 0 aliphatic heterocycles. The van der Waals surface area contributed by atoms with Crippen molar-refractivity contribution in [3.63, 3.8) is 0 Å². The number of aryl methyl sites for hydroxylation is 1. The molecule has 3 aromatic carbocycles. The van der Waals surface area contributed by atoms with Crippen molar-refractivity contribution in [3.05, 3.63) is 84.4 Å². The molecule has 4 aliphatic rings. The van der Waals surface area contributed by atoms with Gasteiger partial charge in [-0.3, -0.25) is 0 Å². The predicted molar refractivity (Wildman–Crippen MR) is 143 cm³/mol. The molecule has 0 aromatic heterocycles. The van der Waals surface area contributed by atoms with E-state index >= 15 is 0 Å². The highest BCUT2D eigenvalue weighted by Gasteiger charge is 2.57. The Bertz CT molecular complexity index is 1160. The molecule has 3 aromatic rings. The Morgan fingerprint density at radius 2 is 1.39 bits per heavy atom. The lowest BCUT2D eigenvalue weighted by Crippen LogP contribution is -2.58. The third-order valence-corrected chi connectivity index (χ3v) is 11.2. The maximum atomic E-state index is 12.9. The molecule has 0 heterocycles. The van der Waals surface area contributed by atoms with Gasteiger partial charge in [-0.25, -0.2) is 4.79 Å². The number of hydrogen-bond donors (Lipinski definition) is 0. The summed E-state index contributed by atoms with van der Waals surface area (Å²) in [5, 5.41) is 0. The third-order valence-electron chi connectivity index (χ3n) is 8.77. The van der Waals surface area contributed by atoms with Gasteiger partial charge in [0, 0.05) is 5.56 Å². The molecule has 0 radical (unpaired) electrons. The largest absolute Gasteiger partial charge is 0.482 e. The van der Waals surface area contributed by atoms with Gasteiger partial charge in [0.2, 0.25) is 0 Å². The minimum atomic E-state index is -0.312. The van der Waals surface area contributed by atoms with Gasteiger partial charge < -0.3 is 9.47 Å². The highest BCUT2D eigenvalue weighted by atomic mass is 32.2. The van der Waals surface area contributed by atoms with Crippen molar-refractivity contribution in [1.29, 1.82) is 0 Å². The van der Waals surface area contributed by atoms with Crippen LogP contribution in [0.5, 0.6) is 5.75 Å². The van der Waals surface area contributed by atoms with Crippen LogP contribution in [0, 0.1) is 30.6 Å². The Kier molecular flexibility index (Phi) is 6.33. The van der Waals surface area contributed by atoms with Crippen LogP contribution in [0.3, 0.4) is 0 Å². The fraction of sp³-hybridized carbons (Fsp3) is 0.406. The van der Waals surface area contributed by atoms with Crippen LogP contribution in [-0.4, -0.2) is 18.2 Å². The van der Waals surface area contributed by atoms with Crippen molar-refractivity contribution in [2.24, 2.45) is 23.7 Å². The Labute approximate surface area is 217 Å². The van der Waals surface area contributed by atoms with E-state index in [1.807, 2.05) is 6.07 Å². The fourth-order valence-corrected chi connectivity index (χ4v) is 9.37. The molecule has 186 valence electrons. The molecule has 0 unspecified atom stereocenters. The maximum absolute atomic E-state index is 12.9. The highest BCUT2D eigenvalue weighted by molar-refractivity contribution is 7.97. The van der Waals surface area contributed by atoms with Gasteiger partial charge in [-0.05, 0) is 112 Å². The molecule has 0 atom stereocenters. The van der Waals surface area contributed by atoms with Gasteiger partial charge in [0.25, 0.3) is 0 Å². The second-order valence-electron chi connectivity index (χ2n) is 11.1. The van der Waals surface area contributed by atoms with Gasteiger partial charge in [-0.15, -0.1) is 0 Å². The molecule has 0 amide bonds. The molecule has 7 rings (SSSR count). The molecule has 4 aliphatic carbocycles. The molecule has 4 heteroatoms. The van der Waals surface area contributed by atoms with E-state index in [-0.39, 0.29) is 29.1 Å². The van der Waals surface area contributed by atoms with Crippen molar-refractivity contribution in [2.45, 2.75) is 66.2 Å². The van der Waals surface area contributed by atoms with Crippen LogP contribution >= 0.6 is 0 Å². The average Bonchev–Trinajstić information content (AvgIpc) is 2.88. The van der Waals surface area contributed by atoms with E-state index in [1.165, 1.54) is 46.8 Å². The zero-order chi connectivity index (χ0) is 24.7. The van der Waals surface area contributed by atoms with Crippen LogP contribution in [0.2, 0.25) is 0 Å². The number of carbonyl (C=O) groups excluding carboxylic acids is 1. The van der Waals surface area contributed by atoms with Crippen LogP contribution in [-0.2, 0) is 20.4 Å². The lowest BCUT2D eigenvalue weighted by atomic mass is 9.50. The van der Waals surface area contributed by atoms with E-state index in [9.17, 15) is 4.79 Å². The monoisotopic (exact) mass is 499 g/mol. The van der Waals surface area contributed by atoms with Crippen molar-refractivity contribution < 1.29 is 14.3 Å². The number of rotatable bonds is 7. The first kappa shape index (κ1) is 23.7. The highest BCUT2D eigenvalue weighted by Crippen LogP contribution is 2.59. The summed E-state index contributed by atoms with van der Waals surface area (Å²) in [5.74, 6) is 3.23. The SMILES string of the molecule is Cc1cc(OCC(=O)OC2(C)C3CC4CC(C3)CC2C4)ccc1[S+](c1ccccc1)c1ccccc1. The normalized spacial score (nSPS) is 28.3. The summed E-state index contributed by atoms with van der Waals surface area (Å²) in [6.07, 6.45) is 6.30. The number of hydrogen-bond acceptors (Lipinski definition) is 3. The molecule has 3 nitrogen and oxygen atoms in total. The number of esters is 1. The van der Waals surface area contributed by atoms with E-state index in [2.05, 4.69) is 86.6 Å². The van der Waals surface area contributed by atoms with Gasteiger partial charge >= 0.3 is 5.97 Å². The first-order valence-electron chi connectivity index (χ1n) is 13.3. The van der Waals surface area contributed by atoms with Gasteiger partial charge in [0.15, 0.2) is 21.3 Å². The standard InChI is InChI=1S/C32H35O3S/c1-22-15-27(13-14-30(22)36(28-9-5-3-6-10-28)29-11-7-4-8-12-29)34-21-31(33)35-32(2)25-17-23-16-24(19-25)20-26(32)18-23/h3-15,23-26H,16-21H2,1-2H3/q+1. The van der Waals surface area contributed by atoms with Crippen molar-refractivity contribution >= 4 is 16.9 Å². The van der Waals surface area contributed by atoms with E-state index in [1.54, 1.807) is 0 Å². The Balaban J connectivity index is 1.15. The molecule has 0 saturated heterocycles. The Morgan fingerprint density at radius 1 is 0.833 bits per heavy atom. The van der Waals surface area contributed by atoms with Crippen LogP contribution in [0.4, 0.5) is 0 Å². The first-order valence-corrected chi connectivity index (χ1v) is 14.5.